The molecule has 0 unspecified atom stereocenters. The minimum atomic E-state index is -0.693. The molecule has 5 nitrogen and oxygen atoms in total. The van der Waals surface area contributed by atoms with Gasteiger partial charge in [-0.1, -0.05) is 0 Å². The van der Waals surface area contributed by atoms with Crippen LogP contribution >= 0.6 is 11.6 Å². The molecule has 0 heterocycles. The third-order valence-electron chi connectivity index (χ3n) is 2.73. The fraction of sp³-hybridized carbons (Fsp3) is 0.429. The molecule has 6 heteroatoms. The van der Waals surface area contributed by atoms with E-state index in [4.69, 9.17) is 16.3 Å². The number of carbonyl (C=O) groups excluding carboxylic acids is 2. The summed E-state index contributed by atoms with van der Waals surface area (Å²) >= 11 is 5.69. The number of anilines is 1. The first kappa shape index (κ1) is 16.3. The van der Waals surface area contributed by atoms with Crippen LogP contribution < -0.4 is 15.4 Å². The summed E-state index contributed by atoms with van der Waals surface area (Å²) in [6.45, 7) is 3.35. The quantitative estimate of drug-likeness (QED) is 0.790. The highest BCUT2D eigenvalue weighted by molar-refractivity contribution is 6.19. The van der Waals surface area contributed by atoms with E-state index in [0.29, 0.717) is 11.4 Å². The Morgan fingerprint density at radius 2 is 1.85 bits per heavy atom. The first-order valence-electron chi connectivity index (χ1n) is 6.17. The molecule has 0 aliphatic heterocycles. The number of methoxy groups -OCH3 is 1. The normalized spacial score (nSPS) is 10.8. The number of nitrogens with one attached hydrogen (secondary N) is 2. The van der Waals surface area contributed by atoms with Gasteiger partial charge in [-0.2, -0.15) is 0 Å². The van der Waals surface area contributed by atoms with E-state index in [1.54, 1.807) is 45.2 Å². The van der Waals surface area contributed by atoms with Crippen LogP contribution in [-0.4, -0.2) is 31.3 Å². The molecule has 0 fully saturated rings. The zero-order valence-electron chi connectivity index (χ0n) is 11.8. The number of carbonyl (C=O) groups is 2. The molecule has 0 atom stereocenters. The molecule has 1 aromatic rings. The Balaban J connectivity index is 2.45. The fourth-order valence-electron chi connectivity index (χ4n) is 1.34. The van der Waals surface area contributed by atoms with Crippen molar-refractivity contribution < 1.29 is 14.3 Å². The molecule has 0 aromatic heterocycles. The Kier molecular flexibility index (Phi) is 5.82. The summed E-state index contributed by atoms with van der Waals surface area (Å²) in [5.74, 6) is 0.352. The number of amides is 2. The van der Waals surface area contributed by atoms with Gasteiger partial charge in [0.25, 0.3) is 0 Å². The van der Waals surface area contributed by atoms with Crippen LogP contribution in [0.2, 0.25) is 0 Å². The molecule has 1 rings (SSSR count). The fourth-order valence-corrected chi connectivity index (χ4v) is 1.46. The summed E-state index contributed by atoms with van der Waals surface area (Å²) in [5.41, 5.74) is -0.0521. The first-order chi connectivity index (χ1) is 9.39. The van der Waals surface area contributed by atoms with Gasteiger partial charge in [-0.05, 0) is 38.1 Å². The van der Waals surface area contributed by atoms with E-state index in [1.807, 2.05) is 0 Å². The molecule has 0 saturated carbocycles. The molecule has 0 aliphatic carbocycles. The van der Waals surface area contributed by atoms with Gasteiger partial charge in [0.15, 0.2) is 0 Å². The van der Waals surface area contributed by atoms with Gasteiger partial charge in [0, 0.05) is 11.6 Å². The molecule has 0 saturated heterocycles. The van der Waals surface area contributed by atoms with Crippen molar-refractivity contribution in [1.82, 2.24) is 5.32 Å². The number of alkyl halides is 1. The van der Waals surface area contributed by atoms with Crippen LogP contribution in [0.1, 0.15) is 13.8 Å². The molecule has 110 valence electrons. The minimum Gasteiger partial charge on any atom is -0.497 e. The Morgan fingerprint density at radius 1 is 1.25 bits per heavy atom. The zero-order chi connectivity index (χ0) is 15.2. The maximum Gasteiger partial charge on any atom is 0.243 e. The highest BCUT2D eigenvalue weighted by Crippen LogP contribution is 2.17. The number of hydrogen-bond acceptors (Lipinski definition) is 3. The first-order valence-corrected chi connectivity index (χ1v) is 6.70. The Hall–Kier alpha value is -1.75. The Morgan fingerprint density at radius 3 is 2.35 bits per heavy atom. The van der Waals surface area contributed by atoms with Gasteiger partial charge in [-0.25, -0.2) is 0 Å². The van der Waals surface area contributed by atoms with Crippen molar-refractivity contribution in [2.24, 2.45) is 5.41 Å². The van der Waals surface area contributed by atoms with Crippen LogP contribution in [0.15, 0.2) is 24.3 Å². The lowest BCUT2D eigenvalue weighted by molar-refractivity contribution is -0.130. The molecule has 0 aliphatic rings. The maximum atomic E-state index is 11.7. The van der Waals surface area contributed by atoms with Crippen LogP contribution in [0.5, 0.6) is 5.75 Å². The monoisotopic (exact) mass is 298 g/mol. The topological polar surface area (TPSA) is 67.4 Å². The number of benzene rings is 1. The van der Waals surface area contributed by atoms with Crippen molar-refractivity contribution in [2.45, 2.75) is 13.8 Å². The molecule has 1 aromatic carbocycles. The summed E-state index contributed by atoms with van der Waals surface area (Å²) in [6, 6.07) is 6.93. The highest BCUT2D eigenvalue weighted by Gasteiger charge is 2.26. The summed E-state index contributed by atoms with van der Waals surface area (Å²) < 4.78 is 5.02. The van der Waals surface area contributed by atoms with Crippen molar-refractivity contribution in [3.8, 4) is 5.75 Å². The van der Waals surface area contributed by atoms with Crippen LogP contribution in [0.4, 0.5) is 5.69 Å². The average molecular weight is 299 g/mol. The van der Waals surface area contributed by atoms with E-state index < -0.39 is 5.41 Å². The Bertz CT molecular complexity index is 472. The third kappa shape index (κ3) is 4.74. The number of ether oxygens (including phenoxy) is 1. The second-order valence-corrected chi connectivity index (χ2v) is 5.24. The summed E-state index contributed by atoms with van der Waals surface area (Å²) in [5, 5.41) is 5.23. The number of rotatable bonds is 6. The van der Waals surface area contributed by atoms with Crippen molar-refractivity contribution in [3.05, 3.63) is 24.3 Å². The van der Waals surface area contributed by atoms with Gasteiger partial charge in [0.2, 0.25) is 11.8 Å². The van der Waals surface area contributed by atoms with Gasteiger partial charge >= 0.3 is 0 Å². The van der Waals surface area contributed by atoms with Gasteiger partial charge < -0.3 is 15.4 Å². The SMILES string of the molecule is COc1ccc(NC(=O)CNC(=O)C(C)(C)CCl)cc1. The summed E-state index contributed by atoms with van der Waals surface area (Å²) in [4.78, 5) is 23.4. The maximum absolute atomic E-state index is 11.7. The lowest BCUT2D eigenvalue weighted by Crippen LogP contribution is -2.41. The van der Waals surface area contributed by atoms with Crippen LogP contribution in [0, 0.1) is 5.41 Å². The lowest BCUT2D eigenvalue weighted by atomic mass is 9.95. The van der Waals surface area contributed by atoms with E-state index in [-0.39, 0.29) is 24.2 Å². The predicted octanol–water partition coefficient (Wildman–Crippen LogP) is 2.01. The molecular weight excluding hydrogens is 280 g/mol. The smallest absolute Gasteiger partial charge is 0.243 e. The number of hydrogen-bond donors (Lipinski definition) is 2. The van der Waals surface area contributed by atoms with Crippen molar-refractivity contribution in [3.63, 3.8) is 0 Å². The second-order valence-electron chi connectivity index (χ2n) is 4.98. The lowest BCUT2D eigenvalue weighted by Gasteiger charge is -2.20. The van der Waals surface area contributed by atoms with Gasteiger partial charge in [-0.3, -0.25) is 9.59 Å². The van der Waals surface area contributed by atoms with Crippen molar-refractivity contribution in [1.29, 1.82) is 0 Å². The van der Waals surface area contributed by atoms with Gasteiger partial charge in [0.1, 0.15) is 5.75 Å². The van der Waals surface area contributed by atoms with E-state index >= 15 is 0 Å². The Labute approximate surface area is 123 Å². The molecule has 20 heavy (non-hydrogen) atoms. The van der Waals surface area contributed by atoms with E-state index in [0.717, 1.165) is 0 Å². The molecule has 2 N–H and O–H groups in total. The number of halogens is 1. The van der Waals surface area contributed by atoms with Crippen molar-refractivity contribution >= 4 is 29.1 Å². The van der Waals surface area contributed by atoms with Gasteiger partial charge in [0.05, 0.1) is 19.1 Å². The van der Waals surface area contributed by atoms with Gasteiger partial charge in [-0.15, -0.1) is 11.6 Å². The summed E-state index contributed by atoms with van der Waals surface area (Å²) in [6.07, 6.45) is 0. The molecule has 2 amide bonds. The van der Waals surface area contributed by atoms with Crippen LogP contribution in [0.3, 0.4) is 0 Å². The largest absolute Gasteiger partial charge is 0.497 e. The third-order valence-corrected chi connectivity index (χ3v) is 3.40. The van der Waals surface area contributed by atoms with Crippen LogP contribution in [0.25, 0.3) is 0 Å². The average Bonchev–Trinajstić information content (AvgIpc) is 2.45. The molecule has 0 radical (unpaired) electrons. The minimum absolute atomic E-state index is 0.0921. The molecule has 0 bridgehead atoms. The molecular formula is C14H19ClN2O3. The zero-order valence-corrected chi connectivity index (χ0v) is 12.6. The standard InChI is InChI=1S/C14H19ClN2O3/c1-14(2,9-15)13(19)16-8-12(18)17-10-4-6-11(20-3)7-5-10/h4-7H,8-9H2,1-3H3,(H,16,19)(H,17,18). The molecule has 0 spiro atoms. The van der Waals surface area contributed by atoms with Crippen molar-refractivity contribution in [2.75, 3.05) is 24.9 Å². The van der Waals surface area contributed by atoms with E-state index in [2.05, 4.69) is 10.6 Å². The predicted molar refractivity (Wildman–Crippen MR) is 79.1 cm³/mol. The van der Waals surface area contributed by atoms with E-state index in [1.165, 1.54) is 0 Å². The second kappa shape index (κ2) is 7.14. The summed E-state index contributed by atoms with van der Waals surface area (Å²) in [7, 11) is 1.57. The van der Waals surface area contributed by atoms with E-state index in [9.17, 15) is 9.59 Å². The highest BCUT2D eigenvalue weighted by atomic mass is 35.5. The van der Waals surface area contributed by atoms with Crippen LogP contribution in [-0.2, 0) is 9.59 Å².